The molecule has 0 saturated heterocycles. The van der Waals surface area contributed by atoms with Gasteiger partial charge >= 0.3 is 6.09 Å². The number of unbranched alkanes of at least 4 members (excludes halogenated alkanes) is 1. The fraction of sp³-hybridized carbons (Fsp3) is 0.882. The fourth-order valence-corrected chi connectivity index (χ4v) is 2.66. The van der Waals surface area contributed by atoms with Crippen molar-refractivity contribution >= 4 is 23.8 Å². The summed E-state index contributed by atoms with van der Waals surface area (Å²) < 4.78 is 5.13. The first-order chi connectivity index (χ1) is 11.3. The summed E-state index contributed by atoms with van der Waals surface area (Å²) in [6, 6.07) is 0. The second-order valence-corrected chi connectivity index (χ2v) is 7.67. The van der Waals surface area contributed by atoms with Gasteiger partial charge in [-0.1, -0.05) is 13.8 Å². The molecule has 0 aliphatic rings. The molecule has 142 valence electrons. The molecule has 0 saturated carbocycles. The van der Waals surface area contributed by atoms with Crippen LogP contribution >= 0.6 is 11.8 Å². The number of thioether (sulfide) groups is 1. The number of alkyl carbamates (subject to hydrolysis) is 1. The zero-order valence-corrected chi connectivity index (χ0v) is 16.8. The van der Waals surface area contributed by atoms with E-state index in [4.69, 9.17) is 4.74 Å². The molecular weight excluding hydrogens is 326 g/mol. The highest BCUT2D eigenvalue weighted by molar-refractivity contribution is 7.99. The molecule has 0 unspecified atom stereocenters. The molecule has 2 N–H and O–H groups in total. The first kappa shape index (κ1) is 23.1. The van der Waals surface area contributed by atoms with E-state index in [0.29, 0.717) is 18.1 Å². The molecule has 0 rings (SSSR count). The fourth-order valence-electron chi connectivity index (χ4n) is 1.98. The molecule has 0 aromatic rings. The van der Waals surface area contributed by atoms with Gasteiger partial charge in [0.25, 0.3) is 0 Å². The molecular formula is C17H35N3O3S. The maximum Gasteiger partial charge on any atom is 0.407 e. The lowest BCUT2D eigenvalue weighted by molar-refractivity contribution is -0.118. The lowest BCUT2D eigenvalue weighted by atomic mass is 10.2. The van der Waals surface area contributed by atoms with E-state index in [0.717, 1.165) is 39.0 Å². The Kier molecular flexibility index (Phi) is 12.8. The minimum Gasteiger partial charge on any atom is -0.444 e. The number of rotatable bonds is 12. The van der Waals surface area contributed by atoms with Crippen molar-refractivity contribution in [1.29, 1.82) is 0 Å². The molecule has 0 aromatic carbocycles. The summed E-state index contributed by atoms with van der Waals surface area (Å²) in [5, 5.41) is 5.61. The van der Waals surface area contributed by atoms with E-state index in [-0.39, 0.29) is 5.91 Å². The Morgan fingerprint density at radius 3 is 2.29 bits per heavy atom. The van der Waals surface area contributed by atoms with Crippen molar-refractivity contribution in [2.45, 2.75) is 53.1 Å². The summed E-state index contributed by atoms with van der Waals surface area (Å²) in [7, 11) is 0. The lowest BCUT2D eigenvalue weighted by Gasteiger charge is -2.19. The van der Waals surface area contributed by atoms with Crippen molar-refractivity contribution in [2.75, 3.05) is 44.2 Å². The molecule has 0 spiro atoms. The summed E-state index contributed by atoms with van der Waals surface area (Å²) in [5.74, 6) is 1.17. The van der Waals surface area contributed by atoms with Crippen LogP contribution in [0.4, 0.5) is 4.79 Å². The maximum absolute atomic E-state index is 11.7. The zero-order valence-electron chi connectivity index (χ0n) is 15.9. The average Bonchev–Trinajstić information content (AvgIpc) is 2.48. The molecule has 0 radical (unpaired) electrons. The van der Waals surface area contributed by atoms with E-state index < -0.39 is 11.7 Å². The Labute approximate surface area is 151 Å². The Bertz CT molecular complexity index is 355. The Morgan fingerprint density at radius 1 is 1.04 bits per heavy atom. The molecule has 0 aromatic heterocycles. The van der Waals surface area contributed by atoms with Crippen LogP contribution in [0.3, 0.4) is 0 Å². The van der Waals surface area contributed by atoms with Crippen molar-refractivity contribution in [3.8, 4) is 0 Å². The molecule has 6 nitrogen and oxygen atoms in total. The second-order valence-electron chi connectivity index (χ2n) is 6.57. The summed E-state index contributed by atoms with van der Waals surface area (Å²) in [6.07, 6.45) is 1.70. The molecule has 2 amide bonds. The highest BCUT2D eigenvalue weighted by Crippen LogP contribution is 2.06. The smallest absolute Gasteiger partial charge is 0.407 e. The standard InChI is InChI=1S/C17H35N3O3S/c1-6-20(7-2)12-9-8-10-18-15(21)14-24-13-11-19-16(22)23-17(3,4)5/h6-14H2,1-5H3,(H,18,21)(H,19,22). The van der Waals surface area contributed by atoms with E-state index in [1.165, 1.54) is 11.8 Å². The summed E-state index contributed by atoms with van der Waals surface area (Å²) in [6.45, 7) is 14.3. The summed E-state index contributed by atoms with van der Waals surface area (Å²) in [4.78, 5) is 25.5. The van der Waals surface area contributed by atoms with Crippen LogP contribution in [0.25, 0.3) is 0 Å². The number of nitrogens with zero attached hydrogens (tertiary/aromatic N) is 1. The summed E-state index contributed by atoms with van der Waals surface area (Å²) >= 11 is 1.51. The molecule has 0 heterocycles. The van der Waals surface area contributed by atoms with Crippen LogP contribution in [0.2, 0.25) is 0 Å². The average molecular weight is 362 g/mol. The van der Waals surface area contributed by atoms with Gasteiger partial charge in [0.2, 0.25) is 5.91 Å². The van der Waals surface area contributed by atoms with Gasteiger partial charge in [-0.2, -0.15) is 11.8 Å². The molecule has 7 heteroatoms. The maximum atomic E-state index is 11.7. The molecule has 0 aliphatic heterocycles. The second kappa shape index (κ2) is 13.4. The Balaban J connectivity index is 3.49. The predicted octanol–water partition coefficient (Wildman–Crippen LogP) is 2.48. The van der Waals surface area contributed by atoms with Gasteiger partial charge < -0.3 is 20.3 Å². The van der Waals surface area contributed by atoms with E-state index in [9.17, 15) is 9.59 Å². The van der Waals surface area contributed by atoms with Crippen molar-refractivity contribution in [2.24, 2.45) is 0 Å². The first-order valence-corrected chi connectivity index (χ1v) is 9.97. The van der Waals surface area contributed by atoms with Gasteiger partial charge in [0, 0.05) is 18.8 Å². The summed E-state index contributed by atoms with van der Waals surface area (Å²) in [5.41, 5.74) is -0.484. The van der Waals surface area contributed by atoms with Crippen molar-refractivity contribution < 1.29 is 14.3 Å². The Morgan fingerprint density at radius 2 is 1.71 bits per heavy atom. The normalized spacial score (nSPS) is 11.4. The monoisotopic (exact) mass is 361 g/mol. The van der Waals surface area contributed by atoms with E-state index in [1.54, 1.807) is 0 Å². The minimum absolute atomic E-state index is 0.0557. The van der Waals surface area contributed by atoms with Crippen LogP contribution in [-0.4, -0.2) is 66.7 Å². The molecule has 0 atom stereocenters. The third kappa shape index (κ3) is 14.6. The van der Waals surface area contributed by atoms with E-state index >= 15 is 0 Å². The molecule has 0 bridgehead atoms. The Hall–Kier alpha value is -0.950. The lowest BCUT2D eigenvalue weighted by Crippen LogP contribution is -2.34. The molecule has 0 fully saturated rings. The van der Waals surface area contributed by atoms with Gasteiger partial charge in [0.15, 0.2) is 0 Å². The number of ether oxygens (including phenoxy) is 1. The third-order valence-electron chi connectivity index (χ3n) is 3.27. The predicted molar refractivity (Wildman–Crippen MR) is 102 cm³/mol. The third-order valence-corrected chi connectivity index (χ3v) is 4.22. The zero-order chi connectivity index (χ0) is 18.4. The van der Waals surface area contributed by atoms with Crippen molar-refractivity contribution in [1.82, 2.24) is 15.5 Å². The SMILES string of the molecule is CCN(CC)CCCCNC(=O)CSCCNC(=O)OC(C)(C)C. The van der Waals surface area contributed by atoms with Crippen LogP contribution in [0.1, 0.15) is 47.5 Å². The van der Waals surface area contributed by atoms with E-state index in [2.05, 4.69) is 29.4 Å². The van der Waals surface area contributed by atoms with Crippen molar-refractivity contribution in [3.05, 3.63) is 0 Å². The van der Waals surface area contributed by atoms with Gasteiger partial charge in [0.1, 0.15) is 5.60 Å². The number of carbonyl (C=O) groups is 2. The topological polar surface area (TPSA) is 70.7 Å². The van der Waals surface area contributed by atoms with Crippen LogP contribution < -0.4 is 10.6 Å². The largest absolute Gasteiger partial charge is 0.444 e. The van der Waals surface area contributed by atoms with E-state index in [1.807, 2.05) is 20.8 Å². The highest BCUT2D eigenvalue weighted by Gasteiger charge is 2.15. The minimum atomic E-state index is -0.484. The van der Waals surface area contributed by atoms with Gasteiger partial charge in [-0.05, 0) is 53.2 Å². The van der Waals surface area contributed by atoms with Gasteiger partial charge in [0.05, 0.1) is 5.75 Å². The van der Waals surface area contributed by atoms with Crippen LogP contribution in [0.5, 0.6) is 0 Å². The van der Waals surface area contributed by atoms with Crippen LogP contribution in [0.15, 0.2) is 0 Å². The van der Waals surface area contributed by atoms with Gasteiger partial charge in [-0.3, -0.25) is 4.79 Å². The number of carbonyl (C=O) groups excluding carboxylic acids is 2. The molecule has 24 heavy (non-hydrogen) atoms. The highest BCUT2D eigenvalue weighted by atomic mass is 32.2. The first-order valence-electron chi connectivity index (χ1n) is 8.82. The number of amides is 2. The van der Waals surface area contributed by atoms with Gasteiger partial charge in [-0.25, -0.2) is 4.79 Å². The quantitative estimate of drug-likeness (QED) is 0.523. The molecule has 0 aliphatic carbocycles. The number of nitrogens with one attached hydrogen (secondary N) is 2. The van der Waals surface area contributed by atoms with Crippen LogP contribution in [-0.2, 0) is 9.53 Å². The van der Waals surface area contributed by atoms with Crippen LogP contribution in [0, 0.1) is 0 Å². The van der Waals surface area contributed by atoms with Gasteiger partial charge in [-0.15, -0.1) is 0 Å². The van der Waals surface area contributed by atoms with Crippen molar-refractivity contribution in [3.63, 3.8) is 0 Å². The number of hydrogen-bond donors (Lipinski definition) is 2. The number of hydrogen-bond acceptors (Lipinski definition) is 5.